The summed E-state index contributed by atoms with van der Waals surface area (Å²) in [5, 5.41) is 2.93. The van der Waals surface area contributed by atoms with Crippen molar-refractivity contribution in [3.05, 3.63) is 60.2 Å². The quantitative estimate of drug-likeness (QED) is 0.577. The number of sulfonamides is 1. The maximum atomic E-state index is 12.5. The van der Waals surface area contributed by atoms with Gasteiger partial charge in [0.15, 0.2) is 0 Å². The maximum absolute atomic E-state index is 12.5. The first-order valence-corrected chi connectivity index (χ1v) is 11.7. The molecule has 1 heterocycles. The summed E-state index contributed by atoms with van der Waals surface area (Å²) in [4.78, 5) is 14.1. The van der Waals surface area contributed by atoms with Crippen LogP contribution in [0.5, 0.6) is 0 Å². The predicted molar refractivity (Wildman–Crippen MR) is 115 cm³/mol. The molecule has 156 valence electrons. The van der Waals surface area contributed by atoms with Crippen LogP contribution in [0.25, 0.3) is 0 Å². The first-order chi connectivity index (χ1) is 14.0. The highest BCUT2D eigenvalue weighted by atomic mass is 32.2. The average molecular weight is 417 g/mol. The molecule has 0 saturated carbocycles. The summed E-state index contributed by atoms with van der Waals surface area (Å²) in [5.41, 5.74) is 0.960. The van der Waals surface area contributed by atoms with Crippen LogP contribution in [0.3, 0.4) is 0 Å². The fourth-order valence-electron chi connectivity index (χ4n) is 3.75. The molecule has 2 aromatic carbocycles. The van der Waals surface area contributed by atoms with Gasteiger partial charge in [0.05, 0.1) is 24.0 Å². The topological polar surface area (TPSA) is 79.7 Å². The van der Waals surface area contributed by atoms with Gasteiger partial charge >= 0.3 is 0 Å². The minimum Gasteiger partial charge on any atom is -0.352 e. The number of benzene rings is 2. The first kappa shape index (κ1) is 21.3. The molecule has 2 atom stereocenters. The molecule has 7 heteroatoms. The molecule has 0 aliphatic carbocycles. The highest BCUT2D eigenvalue weighted by Crippen LogP contribution is 2.16. The van der Waals surface area contributed by atoms with E-state index in [1.54, 1.807) is 41.3 Å². The van der Waals surface area contributed by atoms with Crippen LogP contribution >= 0.6 is 0 Å². The molecule has 6 nitrogen and oxygen atoms in total. The van der Waals surface area contributed by atoms with Gasteiger partial charge in [0, 0.05) is 24.2 Å². The van der Waals surface area contributed by atoms with Gasteiger partial charge in [0.1, 0.15) is 0 Å². The van der Waals surface area contributed by atoms with Crippen LogP contribution in [0.15, 0.2) is 59.5 Å². The van der Waals surface area contributed by atoms with E-state index in [9.17, 15) is 13.2 Å². The Kier molecular flexibility index (Phi) is 7.28. The number of anilines is 1. The second-order valence-corrected chi connectivity index (χ2v) is 9.34. The highest BCUT2D eigenvalue weighted by molar-refractivity contribution is 7.92. The molecular weight excluding hydrogens is 386 g/mol. The van der Waals surface area contributed by atoms with E-state index in [1.165, 1.54) is 37.9 Å². The van der Waals surface area contributed by atoms with Crippen molar-refractivity contribution in [3.63, 3.8) is 0 Å². The molecule has 0 bridgehead atoms. The standard InChI is InChI=1S/C22H29N3O3S/c1-18-8-5-6-16-25(18)17-7-15-23-22(26)19-11-13-21(14-12-19)29(27,28)24-20-9-3-2-4-10-20/h2-4,9-14,18,24H,5-8,15-17H2,1H3,(H,23,26)/p+1/t18-/m1/s1. The lowest BCUT2D eigenvalue weighted by Gasteiger charge is -2.30. The fraction of sp³-hybridized carbons (Fsp3) is 0.409. The zero-order valence-corrected chi connectivity index (χ0v) is 17.7. The molecule has 0 radical (unpaired) electrons. The molecule has 0 aromatic heterocycles. The lowest BCUT2D eigenvalue weighted by Crippen LogP contribution is -3.16. The Labute approximate surface area is 173 Å². The number of carbonyl (C=O) groups is 1. The normalized spacial score (nSPS) is 19.5. The van der Waals surface area contributed by atoms with E-state index in [4.69, 9.17) is 0 Å². The molecule has 1 aliphatic heterocycles. The Balaban J connectivity index is 1.49. The van der Waals surface area contributed by atoms with Crippen molar-refractivity contribution in [2.75, 3.05) is 24.4 Å². The van der Waals surface area contributed by atoms with Crippen molar-refractivity contribution in [3.8, 4) is 0 Å². The van der Waals surface area contributed by atoms with E-state index in [-0.39, 0.29) is 10.8 Å². The van der Waals surface area contributed by atoms with E-state index < -0.39 is 10.0 Å². The van der Waals surface area contributed by atoms with E-state index >= 15 is 0 Å². The number of para-hydroxylation sites is 1. The van der Waals surface area contributed by atoms with Crippen LogP contribution in [-0.4, -0.2) is 40.0 Å². The molecule has 3 rings (SSSR count). The molecule has 3 N–H and O–H groups in total. The summed E-state index contributed by atoms with van der Waals surface area (Å²) >= 11 is 0. The average Bonchev–Trinajstić information content (AvgIpc) is 2.73. The number of hydrogen-bond donors (Lipinski definition) is 3. The van der Waals surface area contributed by atoms with Crippen molar-refractivity contribution in [2.24, 2.45) is 0 Å². The molecule has 1 aliphatic rings. The monoisotopic (exact) mass is 416 g/mol. The summed E-state index contributed by atoms with van der Waals surface area (Å²) < 4.78 is 27.4. The summed E-state index contributed by atoms with van der Waals surface area (Å²) in [6.45, 7) is 5.23. The third-order valence-electron chi connectivity index (χ3n) is 5.49. The van der Waals surface area contributed by atoms with E-state index in [0.29, 0.717) is 23.8 Å². The van der Waals surface area contributed by atoms with Gasteiger partial charge in [0.2, 0.25) is 0 Å². The Bertz CT molecular complexity index is 899. The number of carbonyl (C=O) groups excluding carboxylic acids is 1. The zero-order valence-electron chi connectivity index (χ0n) is 16.9. The van der Waals surface area contributed by atoms with Crippen molar-refractivity contribution in [1.29, 1.82) is 0 Å². The van der Waals surface area contributed by atoms with Crippen LogP contribution < -0.4 is 14.9 Å². The number of nitrogens with one attached hydrogen (secondary N) is 3. The summed E-state index contributed by atoms with van der Waals surface area (Å²) in [7, 11) is -3.68. The highest BCUT2D eigenvalue weighted by Gasteiger charge is 2.21. The Hall–Kier alpha value is -2.38. The van der Waals surface area contributed by atoms with Crippen LogP contribution in [0.1, 0.15) is 43.0 Å². The molecule has 1 unspecified atom stereocenters. The molecule has 2 aromatic rings. The van der Waals surface area contributed by atoms with Crippen LogP contribution in [0.2, 0.25) is 0 Å². The van der Waals surface area contributed by atoms with Crippen molar-refractivity contribution < 1.29 is 18.1 Å². The molecule has 0 spiro atoms. The van der Waals surface area contributed by atoms with Gasteiger partial charge in [-0.3, -0.25) is 9.52 Å². The molecule has 29 heavy (non-hydrogen) atoms. The smallest absolute Gasteiger partial charge is 0.261 e. The minimum atomic E-state index is -3.68. The minimum absolute atomic E-state index is 0.126. The summed E-state index contributed by atoms with van der Waals surface area (Å²) in [5.74, 6) is -0.174. The third kappa shape index (κ3) is 6.05. The lowest BCUT2D eigenvalue weighted by atomic mass is 10.0. The van der Waals surface area contributed by atoms with Gasteiger partial charge in [-0.25, -0.2) is 8.42 Å². The van der Waals surface area contributed by atoms with Crippen molar-refractivity contribution in [1.82, 2.24) is 5.32 Å². The molecule has 1 fully saturated rings. The number of rotatable bonds is 8. The maximum Gasteiger partial charge on any atom is 0.261 e. The number of hydrogen-bond acceptors (Lipinski definition) is 3. The Morgan fingerprint density at radius 2 is 1.79 bits per heavy atom. The number of quaternary nitrogens is 1. The Morgan fingerprint density at radius 3 is 2.48 bits per heavy atom. The van der Waals surface area contributed by atoms with Gasteiger partial charge in [0.25, 0.3) is 15.9 Å². The second-order valence-electron chi connectivity index (χ2n) is 7.66. The van der Waals surface area contributed by atoms with Crippen LogP contribution in [-0.2, 0) is 10.0 Å². The Morgan fingerprint density at radius 1 is 1.07 bits per heavy atom. The summed E-state index contributed by atoms with van der Waals surface area (Å²) in [6, 6.07) is 15.4. The van der Waals surface area contributed by atoms with Crippen molar-refractivity contribution in [2.45, 2.75) is 43.5 Å². The predicted octanol–water partition coefficient (Wildman–Crippen LogP) is 2.06. The van der Waals surface area contributed by atoms with E-state index in [2.05, 4.69) is 17.0 Å². The van der Waals surface area contributed by atoms with Gasteiger partial charge in [-0.15, -0.1) is 0 Å². The van der Waals surface area contributed by atoms with Crippen molar-refractivity contribution >= 4 is 21.6 Å². The van der Waals surface area contributed by atoms with Crippen LogP contribution in [0, 0.1) is 0 Å². The van der Waals surface area contributed by atoms with Crippen LogP contribution in [0.4, 0.5) is 5.69 Å². The molecular formula is C22H30N3O3S+. The summed E-state index contributed by atoms with van der Waals surface area (Å²) in [6.07, 6.45) is 4.85. The lowest BCUT2D eigenvalue weighted by molar-refractivity contribution is -0.928. The molecule has 1 saturated heterocycles. The van der Waals surface area contributed by atoms with Gasteiger partial charge in [-0.1, -0.05) is 18.2 Å². The van der Waals surface area contributed by atoms with Gasteiger partial charge in [-0.2, -0.15) is 0 Å². The van der Waals surface area contributed by atoms with Gasteiger partial charge < -0.3 is 10.2 Å². The third-order valence-corrected chi connectivity index (χ3v) is 6.89. The number of amides is 1. The zero-order chi connectivity index (χ0) is 20.7. The van der Waals surface area contributed by atoms with E-state index in [1.807, 2.05) is 6.07 Å². The number of piperidine rings is 1. The fourth-order valence-corrected chi connectivity index (χ4v) is 4.81. The number of likely N-dealkylation sites (tertiary alicyclic amines) is 1. The molecule has 1 amide bonds. The first-order valence-electron chi connectivity index (χ1n) is 10.3. The SMILES string of the molecule is C[C@@H]1CCCC[NH+]1CCCNC(=O)c1ccc(S(=O)(=O)Nc2ccccc2)cc1. The van der Waals surface area contributed by atoms with Gasteiger partial charge in [-0.05, 0) is 62.6 Å². The second kappa shape index (κ2) is 9.89. The largest absolute Gasteiger partial charge is 0.352 e. The van der Waals surface area contributed by atoms with E-state index in [0.717, 1.165) is 13.0 Å².